The Hall–Kier alpha value is -3.67. The second kappa shape index (κ2) is 10.7. The number of anilines is 1. The Balaban J connectivity index is 1.54. The molecule has 1 aliphatic rings. The van der Waals surface area contributed by atoms with Gasteiger partial charge in [-0.15, -0.1) is 0 Å². The highest BCUT2D eigenvalue weighted by atomic mass is 16.6. The number of methoxy groups -OCH3 is 1. The van der Waals surface area contributed by atoms with Gasteiger partial charge in [-0.05, 0) is 81.1 Å². The van der Waals surface area contributed by atoms with Crippen molar-refractivity contribution in [2.24, 2.45) is 0 Å². The fourth-order valence-electron chi connectivity index (χ4n) is 4.17. The van der Waals surface area contributed by atoms with Crippen LogP contribution in [0.15, 0.2) is 72.8 Å². The van der Waals surface area contributed by atoms with Crippen LogP contribution in [-0.4, -0.2) is 42.8 Å². The third-order valence-corrected chi connectivity index (χ3v) is 5.91. The quantitative estimate of drug-likeness (QED) is 0.401. The molecule has 0 radical (unpaired) electrons. The zero-order valence-corrected chi connectivity index (χ0v) is 20.9. The minimum absolute atomic E-state index is 0.0625. The van der Waals surface area contributed by atoms with Crippen molar-refractivity contribution in [1.82, 2.24) is 4.90 Å². The molecule has 6 nitrogen and oxygen atoms in total. The van der Waals surface area contributed by atoms with Gasteiger partial charge in [0.15, 0.2) is 5.75 Å². The Labute approximate surface area is 207 Å². The highest BCUT2D eigenvalue weighted by Gasteiger charge is 2.32. The number of rotatable bonds is 7. The van der Waals surface area contributed by atoms with Crippen LogP contribution in [0.4, 0.5) is 10.5 Å². The molecule has 184 valence electrons. The lowest BCUT2D eigenvalue weighted by molar-refractivity contribution is 0.0235. The number of hydrogen-bond donors (Lipinski definition) is 1. The van der Waals surface area contributed by atoms with E-state index in [1.165, 1.54) is 0 Å². The molecule has 0 bridgehead atoms. The fourth-order valence-corrected chi connectivity index (χ4v) is 4.17. The van der Waals surface area contributed by atoms with Gasteiger partial charge in [0.25, 0.3) is 0 Å². The molecule has 1 fully saturated rings. The summed E-state index contributed by atoms with van der Waals surface area (Å²) in [6.45, 7) is 7.01. The lowest BCUT2D eigenvalue weighted by Crippen LogP contribution is -2.42. The second-order valence-corrected chi connectivity index (χ2v) is 9.71. The standard InChI is InChI=1S/C29H34N2O4/c1-29(2,3)35-28(32)31-18-8-11-23(31)20-30-26-17-12-22(21-9-6-5-7-10-21)19-27(26)34-25-15-13-24(33-4)14-16-25/h5-7,9-10,12-17,19,23,30H,8,11,18,20H2,1-4H3/t23-/m0/s1. The summed E-state index contributed by atoms with van der Waals surface area (Å²) in [6, 6.07) is 24.0. The zero-order valence-electron chi connectivity index (χ0n) is 20.9. The van der Waals surface area contributed by atoms with Gasteiger partial charge in [-0.1, -0.05) is 36.4 Å². The predicted molar refractivity (Wildman–Crippen MR) is 139 cm³/mol. The number of benzene rings is 3. The molecule has 1 aliphatic heterocycles. The average Bonchev–Trinajstić information content (AvgIpc) is 3.32. The van der Waals surface area contributed by atoms with Crippen LogP contribution < -0.4 is 14.8 Å². The minimum atomic E-state index is -0.510. The van der Waals surface area contributed by atoms with E-state index in [1.54, 1.807) is 7.11 Å². The SMILES string of the molecule is COc1ccc(Oc2cc(-c3ccccc3)ccc2NC[C@@H]2CCCN2C(=O)OC(C)(C)C)cc1. The highest BCUT2D eigenvalue weighted by Crippen LogP contribution is 2.35. The van der Waals surface area contributed by atoms with Crippen molar-refractivity contribution in [1.29, 1.82) is 0 Å². The van der Waals surface area contributed by atoms with Crippen LogP contribution in [0.3, 0.4) is 0 Å². The van der Waals surface area contributed by atoms with Gasteiger partial charge in [0, 0.05) is 13.1 Å². The molecule has 0 saturated carbocycles. The number of carbonyl (C=O) groups is 1. The van der Waals surface area contributed by atoms with Gasteiger partial charge < -0.3 is 24.4 Å². The van der Waals surface area contributed by atoms with Crippen LogP contribution >= 0.6 is 0 Å². The molecule has 3 aromatic carbocycles. The first-order valence-corrected chi connectivity index (χ1v) is 12.1. The van der Waals surface area contributed by atoms with E-state index in [9.17, 15) is 4.79 Å². The number of hydrogen-bond acceptors (Lipinski definition) is 5. The summed E-state index contributed by atoms with van der Waals surface area (Å²) in [5.41, 5.74) is 2.54. The van der Waals surface area contributed by atoms with Crippen molar-refractivity contribution < 1.29 is 19.0 Å². The van der Waals surface area contributed by atoms with Crippen LogP contribution in [0.5, 0.6) is 17.2 Å². The van der Waals surface area contributed by atoms with E-state index in [1.807, 2.05) is 80.3 Å². The maximum atomic E-state index is 12.7. The number of likely N-dealkylation sites (tertiary alicyclic amines) is 1. The smallest absolute Gasteiger partial charge is 0.410 e. The van der Waals surface area contributed by atoms with Crippen molar-refractivity contribution in [3.63, 3.8) is 0 Å². The van der Waals surface area contributed by atoms with E-state index in [2.05, 4.69) is 23.5 Å². The molecule has 0 unspecified atom stereocenters. The molecular formula is C29H34N2O4. The second-order valence-electron chi connectivity index (χ2n) is 9.71. The lowest BCUT2D eigenvalue weighted by atomic mass is 10.0. The molecule has 1 N–H and O–H groups in total. The summed E-state index contributed by atoms with van der Waals surface area (Å²) >= 11 is 0. The van der Waals surface area contributed by atoms with Gasteiger partial charge >= 0.3 is 6.09 Å². The van der Waals surface area contributed by atoms with Gasteiger partial charge in [-0.25, -0.2) is 4.79 Å². The highest BCUT2D eigenvalue weighted by molar-refractivity contribution is 5.72. The van der Waals surface area contributed by atoms with Crippen molar-refractivity contribution in [3.8, 4) is 28.4 Å². The Kier molecular flexibility index (Phi) is 7.49. The molecule has 0 aliphatic carbocycles. The van der Waals surface area contributed by atoms with Crippen molar-refractivity contribution in [2.75, 3.05) is 25.5 Å². The number of nitrogens with one attached hydrogen (secondary N) is 1. The van der Waals surface area contributed by atoms with Crippen LogP contribution in [-0.2, 0) is 4.74 Å². The molecular weight excluding hydrogens is 440 g/mol. The van der Waals surface area contributed by atoms with Gasteiger partial charge in [0.05, 0.1) is 18.8 Å². The first kappa shape index (κ1) is 24.5. The summed E-state index contributed by atoms with van der Waals surface area (Å²) in [5, 5.41) is 3.53. The summed E-state index contributed by atoms with van der Waals surface area (Å²) in [6.07, 6.45) is 1.65. The van der Waals surface area contributed by atoms with Crippen LogP contribution in [0.25, 0.3) is 11.1 Å². The van der Waals surface area contributed by atoms with E-state index in [-0.39, 0.29) is 12.1 Å². The Morgan fingerprint density at radius 1 is 0.971 bits per heavy atom. The maximum absolute atomic E-state index is 12.7. The van der Waals surface area contributed by atoms with E-state index < -0.39 is 5.60 Å². The van der Waals surface area contributed by atoms with Crippen molar-refractivity contribution >= 4 is 11.8 Å². The Bertz CT molecular complexity index is 1120. The van der Waals surface area contributed by atoms with E-state index in [0.717, 1.165) is 46.9 Å². The molecule has 3 aromatic rings. The Morgan fingerprint density at radius 2 is 1.69 bits per heavy atom. The molecule has 1 heterocycles. The number of ether oxygens (including phenoxy) is 3. The minimum Gasteiger partial charge on any atom is -0.497 e. The maximum Gasteiger partial charge on any atom is 0.410 e. The van der Waals surface area contributed by atoms with Crippen LogP contribution in [0.1, 0.15) is 33.6 Å². The number of carbonyl (C=O) groups excluding carboxylic acids is 1. The molecule has 1 amide bonds. The fraction of sp³-hybridized carbons (Fsp3) is 0.345. The number of amides is 1. The molecule has 4 rings (SSSR count). The predicted octanol–water partition coefficient (Wildman–Crippen LogP) is 6.97. The van der Waals surface area contributed by atoms with Crippen LogP contribution in [0, 0.1) is 0 Å². The van der Waals surface area contributed by atoms with E-state index in [0.29, 0.717) is 13.1 Å². The topological polar surface area (TPSA) is 60.0 Å². The molecule has 1 atom stereocenters. The number of nitrogens with zero attached hydrogens (tertiary/aromatic N) is 1. The summed E-state index contributed by atoms with van der Waals surface area (Å²) in [5.74, 6) is 2.21. The van der Waals surface area contributed by atoms with Crippen molar-refractivity contribution in [2.45, 2.75) is 45.3 Å². The van der Waals surface area contributed by atoms with Gasteiger partial charge in [-0.3, -0.25) is 0 Å². The first-order chi connectivity index (χ1) is 16.8. The zero-order chi connectivity index (χ0) is 24.8. The summed E-state index contributed by atoms with van der Waals surface area (Å²) in [4.78, 5) is 14.5. The van der Waals surface area contributed by atoms with Gasteiger partial charge in [0.2, 0.25) is 0 Å². The normalized spacial score (nSPS) is 15.5. The van der Waals surface area contributed by atoms with Gasteiger partial charge in [0.1, 0.15) is 17.1 Å². The van der Waals surface area contributed by atoms with E-state index in [4.69, 9.17) is 14.2 Å². The molecule has 35 heavy (non-hydrogen) atoms. The third-order valence-electron chi connectivity index (χ3n) is 5.91. The molecule has 0 spiro atoms. The summed E-state index contributed by atoms with van der Waals surface area (Å²) < 4.78 is 17.2. The Morgan fingerprint density at radius 3 is 2.37 bits per heavy atom. The third kappa shape index (κ3) is 6.47. The molecule has 0 aromatic heterocycles. The average molecular weight is 475 g/mol. The lowest BCUT2D eigenvalue weighted by Gasteiger charge is -2.29. The monoisotopic (exact) mass is 474 g/mol. The van der Waals surface area contributed by atoms with Gasteiger partial charge in [-0.2, -0.15) is 0 Å². The molecule has 1 saturated heterocycles. The van der Waals surface area contributed by atoms with Crippen molar-refractivity contribution in [3.05, 3.63) is 72.8 Å². The van der Waals surface area contributed by atoms with E-state index >= 15 is 0 Å². The largest absolute Gasteiger partial charge is 0.497 e. The molecule has 6 heteroatoms. The van der Waals surface area contributed by atoms with Crippen LogP contribution in [0.2, 0.25) is 0 Å². The first-order valence-electron chi connectivity index (χ1n) is 12.1. The summed E-state index contributed by atoms with van der Waals surface area (Å²) in [7, 11) is 1.64.